The Balaban J connectivity index is 1.84. The molecule has 0 unspecified atom stereocenters. The summed E-state index contributed by atoms with van der Waals surface area (Å²) in [4.78, 5) is 15.8. The minimum absolute atomic E-state index is 0.228. The summed E-state index contributed by atoms with van der Waals surface area (Å²) in [6.45, 7) is 9.81. The predicted molar refractivity (Wildman–Crippen MR) is 55.2 cm³/mol. The van der Waals surface area contributed by atoms with Crippen LogP contribution in [-0.4, -0.2) is 55.1 Å². The van der Waals surface area contributed by atoms with Gasteiger partial charge in [0.25, 0.3) is 0 Å². The molecule has 4 heteroatoms. The van der Waals surface area contributed by atoms with Gasteiger partial charge in [-0.15, -0.1) is 0 Å². The number of hydrogen-bond acceptors (Lipinski definition) is 2. The average Bonchev–Trinajstić information content (AvgIpc) is 2.14. The van der Waals surface area contributed by atoms with E-state index in [1.54, 1.807) is 0 Å². The Morgan fingerprint density at radius 3 is 2.21 bits per heavy atom. The summed E-state index contributed by atoms with van der Waals surface area (Å²) in [5, 5.41) is 3.25. The first-order valence-corrected chi connectivity index (χ1v) is 5.33. The predicted octanol–water partition coefficient (Wildman–Crippen LogP) is 0.353. The van der Waals surface area contributed by atoms with Gasteiger partial charge in [0.05, 0.1) is 0 Å². The molecular weight excluding hydrogens is 178 g/mol. The van der Waals surface area contributed by atoms with Crippen LogP contribution in [0.5, 0.6) is 0 Å². The molecule has 0 radical (unpaired) electrons. The Labute approximate surface area is 85.2 Å². The lowest BCUT2D eigenvalue weighted by Crippen LogP contribution is -2.61. The van der Waals surface area contributed by atoms with E-state index in [4.69, 9.17) is 0 Å². The maximum atomic E-state index is 11.9. The molecule has 0 aromatic heterocycles. The Morgan fingerprint density at radius 1 is 1.14 bits per heavy atom. The molecule has 0 aromatic carbocycles. The lowest BCUT2D eigenvalue weighted by atomic mass is 9.85. The number of carbonyl (C=O) groups excluding carboxylic acids is 1. The summed E-state index contributed by atoms with van der Waals surface area (Å²) >= 11 is 0. The van der Waals surface area contributed by atoms with Crippen molar-refractivity contribution in [3.8, 4) is 0 Å². The molecule has 2 aliphatic heterocycles. The Hall–Kier alpha value is -0.770. The zero-order chi connectivity index (χ0) is 10.2. The number of likely N-dealkylation sites (tertiary alicyclic amines) is 1. The molecule has 0 aromatic rings. The summed E-state index contributed by atoms with van der Waals surface area (Å²) in [7, 11) is 0. The van der Waals surface area contributed by atoms with Crippen molar-refractivity contribution in [2.45, 2.75) is 13.8 Å². The van der Waals surface area contributed by atoms with E-state index in [-0.39, 0.29) is 6.03 Å². The largest absolute Gasteiger partial charge is 0.323 e. The van der Waals surface area contributed by atoms with Crippen molar-refractivity contribution in [1.29, 1.82) is 0 Å². The van der Waals surface area contributed by atoms with E-state index in [0.717, 1.165) is 39.3 Å². The summed E-state index contributed by atoms with van der Waals surface area (Å²) < 4.78 is 0. The van der Waals surface area contributed by atoms with Crippen molar-refractivity contribution in [2.75, 3.05) is 39.3 Å². The maximum Gasteiger partial charge on any atom is 0.320 e. The fourth-order valence-electron chi connectivity index (χ4n) is 2.18. The summed E-state index contributed by atoms with van der Waals surface area (Å²) in [6.07, 6.45) is 0. The number of hydrogen-bond donors (Lipinski definition) is 1. The summed E-state index contributed by atoms with van der Waals surface area (Å²) in [6, 6.07) is 0.228. The number of nitrogens with zero attached hydrogens (tertiary/aromatic N) is 2. The molecule has 1 N–H and O–H groups in total. The maximum absolute atomic E-state index is 11.9. The third kappa shape index (κ3) is 1.85. The first kappa shape index (κ1) is 9.77. The molecule has 0 saturated carbocycles. The van der Waals surface area contributed by atoms with Crippen LogP contribution in [0.2, 0.25) is 0 Å². The van der Waals surface area contributed by atoms with Gasteiger partial charge in [0.2, 0.25) is 0 Å². The van der Waals surface area contributed by atoms with Gasteiger partial charge in [0.15, 0.2) is 0 Å². The smallest absolute Gasteiger partial charge is 0.320 e. The molecule has 2 aliphatic rings. The van der Waals surface area contributed by atoms with Crippen molar-refractivity contribution in [1.82, 2.24) is 15.1 Å². The van der Waals surface area contributed by atoms with Gasteiger partial charge >= 0.3 is 6.03 Å². The highest BCUT2D eigenvalue weighted by molar-refractivity contribution is 5.75. The van der Waals surface area contributed by atoms with Crippen molar-refractivity contribution in [2.24, 2.45) is 5.41 Å². The quantitative estimate of drug-likeness (QED) is 0.608. The van der Waals surface area contributed by atoms with Crippen molar-refractivity contribution in [3.05, 3.63) is 0 Å². The van der Waals surface area contributed by atoms with Crippen LogP contribution in [-0.2, 0) is 0 Å². The van der Waals surface area contributed by atoms with Crippen LogP contribution in [0, 0.1) is 5.41 Å². The molecule has 4 nitrogen and oxygen atoms in total. The Morgan fingerprint density at radius 2 is 1.71 bits per heavy atom. The molecule has 2 fully saturated rings. The number of rotatable bonds is 0. The topological polar surface area (TPSA) is 35.6 Å². The van der Waals surface area contributed by atoms with Crippen molar-refractivity contribution >= 4 is 6.03 Å². The molecule has 2 heterocycles. The van der Waals surface area contributed by atoms with E-state index in [9.17, 15) is 4.79 Å². The van der Waals surface area contributed by atoms with Gasteiger partial charge < -0.3 is 15.1 Å². The van der Waals surface area contributed by atoms with E-state index >= 15 is 0 Å². The van der Waals surface area contributed by atoms with Gasteiger partial charge in [0, 0.05) is 44.7 Å². The monoisotopic (exact) mass is 197 g/mol. The average molecular weight is 197 g/mol. The van der Waals surface area contributed by atoms with Gasteiger partial charge in [0.1, 0.15) is 0 Å². The zero-order valence-corrected chi connectivity index (χ0v) is 9.05. The van der Waals surface area contributed by atoms with Crippen LogP contribution in [0.25, 0.3) is 0 Å². The normalized spacial score (nSPS) is 25.9. The van der Waals surface area contributed by atoms with Crippen molar-refractivity contribution in [3.63, 3.8) is 0 Å². The minimum Gasteiger partial charge on any atom is -0.323 e. The summed E-state index contributed by atoms with van der Waals surface area (Å²) in [5.41, 5.74) is 0.337. The molecule has 2 saturated heterocycles. The van der Waals surface area contributed by atoms with E-state index in [1.165, 1.54) is 0 Å². The third-order valence-electron chi connectivity index (χ3n) is 2.90. The highest BCUT2D eigenvalue weighted by atomic mass is 16.2. The zero-order valence-electron chi connectivity index (χ0n) is 9.05. The standard InChI is InChI=1S/C10H19N3O/c1-10(2)7-13(8-10)9(14)12-5-3-11-4-6-12/h11H,3-8H2,1-2H3. The van der Waals surface area contributed by atoms with Crippen LogP contribution in [0.4, 0.5) is 4.79 Å². The fourth-order valence-corrected chi connectivity index (χ4v) is 2.18. The van der Waals surface area contributed by atoms with Gasteiger partial charge in [-0.25, -0.2) is 4.79 Å². The lowest BCUT2D eigenvalue weighted by molar-refractivity contribution is 0.0407. The number of urea groups is 1. The van der Waals surface area contributed by atoms with Crippen LogP contribution in [0.15, 0.2) is 0 Å². The number of carbonyl (C=O) groups is 1. The second-order valence-electron chi connectivity index (χ2n) is 5.04. The van der Waals surface area contributed by atoms with Gasteiger partial charge in [-0.1, -0.05) is 13.8 Å². The molecule has 14 heavy (non-hydrogen) atoms. The first-order chi connectivity index (χ1) is 6.58. The van der Waals surface area contributed by atoms with Crippen LogP contribution in [0.1, 0.15) is 13.8 Å². The third-order valence-corrected chi connectivity index (χ3v) is 2.90. The van der Waals surface area contributed by atoms with E-state index in [2.05, 4.69) is 19.2 Å². The molecule has 0 atom stereocenters. The SMILES string of the molecule is CC1(C)CN(C(=O)N2CCNCC2)C1. The lowest BCUT2D eigenvalue weighted by Gasteiger charge is -2.47. The van der Waals surface area contributed by atoms with Gasteiger partial charge in [-0.05, 0) is 0 Å². The van der Waals surface area contributed by atoms with E-state index in [1.807, 2.05) is 9.80 Å². The molecule has 0 aliphatic carbocycles. The minimum atomic E-state index is 0.228. The highest BCUT2D eigenvalue weighted by Crippen LogP contribution is 2.29. The molecule has 0 spiro atoms. The van der Waals surface area contributed by atoms with Crippen molar-refractivity contribution < 1.29 is 4.79 Å². The van der Waals surface area contributed by atoms with Crippen LogP contribution >= 0.6 is 0 Å². The van der Waals surface area contributed by atoms with E-state index in [0.29, 0.717) is 5.41 Å². The molecular formula is C10H19N3O. The molecule has 80 valence electrons. The summed E-state index contributed by atoms with van der Waals surface area (Å²) in [5.74, 6) is 0. The Bertz CT molecular complexity index is 226. The second-order valence-corrected chi connectivity index (χ2v) is 5.04. The fraction of sp³-hybridized carbons (Fsp3) is 0.900. The van der Waals surface area contributed by atoms with Gasteiger partial charge in [-0.3, -0.25) is 0 Å². The Kier molecular flexibility index (Phi) is 2.39. The highest BCUT2D eigenvalue weighted by Gasteiger charge is 2.38. The molecule has 2 amide bonds. The first-order valence-electron chi connectivity index (χ1n) is 5.33. The molecule has 2 rings (SSSR count). The second kappa shape index (κ2) is 3.42. The van der Waals surface area contributed by atoms with Crippen LogP contribution < -0.4 is 5.32 Å². The molecule has 0 bridgehead atoms. The number of nitrogens with one attached hydrogen (secondary N) is 1. The van der Waals surface area contributed by atoms with Gasteiger partial charge in [-0.2, -0.15) is 0 Å². The van der Waals surface area contributed by atoms with E-state index < -0.39 is 0 Å². The number of amides is 2. The number of piperazine rings is 1. The van der Waals surface area contributed by atoms with Crippen LogP contribution in [0.3, 0.4) is 0 Å².